The first-order chi connectivity index (χ1) is 5.83. The van der Waals surface area contributed by atoms with Crippen molar-refractivity contribution in [3.05, 3.63) is 0 Å². The van der Waals surface area contributed by atoms with Gasteiger partial charge in [-0.3, -0.25) is 0 Å². The van der Waals surface area contributed by atoms with Gasteiger partial charge in [0.15, 0.2) is 5.79 Å². The highest BCUT2D eigenvalue weighted by molar-refractivity contribution is 4.85. The minimum Gasteiger partial charge on any atom is -0.344 e. The van der Waals surface area contributed by atoms with Crippen LogP contribution in [-0.2, 0) is 9.47 Å². The molecule has 0 aromatic carbocycles. The van der Waals surface area contributed by atoms with Gasteiger partial charge in [0.05, 0.1) is 12.2 Å². The Morgan fingerprint density at radius 1 is 0.846 bits per heavy atom. The van der Waals surface area contributed by atoms with E-state index < -0.39 is 5.79 Å². The van der Waals surface area contributed by atoms with Crippen molar-refractivity contribution >= 4 is 0 Å². The van der Waals surface area contributed by atoms with Gasteiger partial charge in [0.25, 0.3) is 0 Å². The zero-order valence-electron chi connectivity index (χ0n) is 9.63. The molecule has 2 nitrogen and oxygen atoms in total. The van der Waals surface area contributed by atoms with Crippen LogP contribution in [0, 0.1) is 11.8 Å². The molecular formula is C11H22O2. The van der Waals surface area contributed by atoms with Gasteiger partial charge in [-0.15, -0.1) is 0 Å². The molecule has 13 heavy (non-hydrogen) atoms. The van der Waals surface area contributed by atoms with E-state index in [0.29, 0.717) is 11.8 Å². The summed E-state index contributed by atoms with van der Waals surface area (Å²) in [5.41, 5.74) is 0. The highest BCUT2D eigenvalue weighted by Crippen LogP contribution is 2.35. The summed E-state index contributed by atoms with van der Waals surface area (Å²) in [7, 11) is 0. The minimum absolute atomic E-state index is 0.245. The maximum Gasteiger partial charge on any atom is 0.163 e. The summed E-state index contributed by atoms with van der Waals surface area (Å²) in [5.74, 6) is 0.646. The summed E-state index contributed by atoms with van der Waals surface area (Å²) in [5, 5.41) is 0. The van der Waals surface area contributed by atoms with Gasteiger partial charge in [0, 0.05) is 0 Å². The highest BCUT2D eigenvalue weighted by Gasteiger charge is 2.43. The molecule has 0 aromatic heterocycles. The molecule has 1 saturated heterocycles. The SMILES string of the molecule is CC(C)[C@H]1OC(C)(C)O[C@@H]1C(C)C. The van der Waals surface area contributed by atoms with Crippen LogP contribution >= 0.6 is 0 Å². The third-order valence-electron chi connectivity index (χ3n) is 2.48. The Morgan fingerprint density at radius 2 is 1.15 bits per heavy atom. The summed E-state index contributed by atoms with van der Waals surface area (Å²) in [6.07, 6.45) is 0.491. The number of hydrogen-bond acceptors (Lipinski definition) is 2. The average molecular weight is 186 g/mol. The molecule has 0 aromatic rings. The fourth-order valence-electron chi connectivity index (χ4n) is 1.85. The average Bonchev–Trinajstić information content (AvgIpc) is 2.26. The Kier molecular flexibility index (Phi) is 3.03. The molecule has 0 N–H and O–H groups in total. The van der Waals surface area contributed by atoms with Gasteiger partial charge in [-0.2, -0.15) is 0 Å². The second-order valence-corrected chi connectivity index (χ2v) is 5.05. The predicted octanol–water partition coefficient (Wildman–Crippen LogP) is 2.82. The maximum absolute atomic E-state index is 5.86. The molecule has 1 aliphatic heterocycles. The van der Waals surface area contributed by atoms with Gasteiger partial charge < -0.3 is 9.47 Å². The molecule has 1 rings (SSSR count). The molecular weight excluding hydrogens is 164 g/mol. The third kappa shape index (κ3) is 2.44. The molecule has 1 heterocycles. The van der Waals surface area contributed by atoms with Gasteiger partial charge in [-0.1, -0.05) is 27.7 Å². The Bertz CT molecular complexity index is 155. The van der Waals surface area contributed by atoms with Crippen LogP contribution in [0.1, 0.15) is 41.5 Å². The molecule has 0 radical (unpaired) electrons. The molecule has 0 aliphatic carbocycles. The summed E-state index contributed by atoms with van der Waals surface area (Å²) < 4.78 is 11.7. The molecule has 2 atom stereocenters. The third-order valence-corrected chi connectivity index (χ3v) is 2.48. The van der Waals surface area contributed by atoms with Crippen molar-refractivity contribution in [1.29, 1.82) is 0 Å². The lowest BCUT2D eigenvalue weighted by molar-refractivity contribution is -0.152. The predicted molar refractivity (Wildman–Crippen MR) is 53.5 cm³/mol. The molecule has 0 spiro atoms. The first-order valence-corrected chi connectivity index (χ1v) is 5.19. The van der Waals surface area contributed by atoms with Crippen molar-refractivity contribution < 1.29 is 9.47 Å². The molecule has 0 unspecified atom stereocenters. The molecule has 78 valence electrons. The smallest absolute Gasteiger partial charge is 0.163 e. The van der Waals surface area contributed by atoms with E-state index in [1.807, 2.05) is 13.8 Å². The molecule has 0 saturated carbocycles. The molecule has 1 fully saturated rings. The van der Waals surface area contributed by atoms with Gasteiger partial charge in [0.2, 0.25) is 0 Å². The van der Waals surface area contributed by atoms with Crippen molar-refractivity contribution in [3.8, 4) is 0 Å². The van der Waals surface area contributed by atoms with Gasteiger partial charge in [-0.05, 0) is 25.7 Å². The van der Waals surface area contributed by atoms with Crippen molar-refractivity contribution in [1.82, 2.24) is 0 Å². The van der Waals surface area contributed by atoms with Crippen LogP contribution in [0.25, 0.3) is 0 Å². The van der Waals surface area contributed by atoms with E-state index in [1.54, 1.807) is 0 Å². The first kappa shape index (κ1) is 11.0. The summed E-state index contributed by atoms with van der Waals surface area (Å²) >= 11 is 0. The van der Waals surface area contributed by atoms with Gasteiger partial charge in [0.1, 0.15) is 0 Å². The lowest BCUT2D eigenvalue weighted by Crippen LogP contribution is -2.31. The van der Waals surface area contributed by atoms with E-state index in [9.17, 15) is 0 Å². The van der Waals surface area contributed by atoms with Gasteiger partial charge >= 0.3 is 0 Å². The quantitative estimate of drug-likeness (QED) is 0.660. The van der Waals surface area contributed by atoms with Crippen molar-refractivity contribution in [3.63, 3.8) is 0 Å². The first-order valence-electron chi connectivity index (χ1n) is 5.19. The van der Waals surface area contributed by atoms with Gasteiger partial charge in [-0.25, -0.2) is 0 Å². The largest absolute Gasteiger partial charge is 0.344 e. The Balaban J connectivity index is 2.71. The van der Waals surface area contributed by atoms with Crippen LogP contribution in [0.3, 0.4) is 0 Å². The fraction of sp³-hybridized carbons (Fsp3) is 1.00. The van der Waals surface area contributed by atoms with Crippen LogP contribution in [0.2, 0.25) is 0 Å². The monoisotopic (exact) mass is 186 g/mol. The molecule has 0 amide bonds. The lowest BCUT2D eigenvalue weighted by atomic mass is 9.94. The molecule has 2 heteroatoms. The van der Waals surface area contributed by atoms with E-state index in [2.05, 4.69) is 27.7 Å². The van der Waals surface area contributed by atoms with Crippen LogP contribution in [0.5, 0.6) is 0 Å². The second-order valence-electron chi connectivity index (χ2n) is 5.05. The summed E-state index contributed by atoms with van der Waals surface area (Å²) in [6, 6.07) is 0. The van der Waals surface area contributed by atoms with E-state index in [-0.39, 0.29) is 12.2 Å². The minimum atomic E-state index is -0.399. The van der Waals surface area contributed by atoms with Crippen LogP contribution < -0.4 is 0 Å². The fourth-order valence-corrected chi connectivity index (χ4v) is 1.85. The number of ether oxygens (including phenoxy) is 2. The van der Waals surface area contributed by atoms with Crippen molar-refractivity contribution in [2.24, 2.45) is 11.8 Å². The van der Waals surface area contributed by atoms with E-state index >= 15 is 0 Å². The van der Waals surface area contributed by atoms with E-state index in [0.717, 1.165) is 0 Å². The lowest BCUT2D eigenvalue weighted by Gasteiger charge is -2.22. The van der Waals surface area contributed by atoms with E-state index in [4.69, 9.17) is 9.47 Å². The molecule has 0 bridgehead atoms. The van der Waals surface area contributed by atoms with E-state index in [1.165, 1.54) is 0 Å². The zero-order valence-corrected chi connectivity index (χ0v) is 9.63. The highest BCUT2D eigenvalue weighted by atomic mass is 16.8. The zero-order chi connectivity index (χ0) is 10.2. The Morgan fingerprint density at radius 3 is 1.38 bits per heavy atom. The number of hydrogen-bond donors (Lipinski definition) is 0. The standard InChI is InChI=1S/C11H22O2/c1-7(2)9-10(8(3)4)13-11(5,6)12-9/h7-10H,1-6H3/t9-,10-/m1/s1. The van der Waals surface area contributed by atoms with Crippen molar-refractivity contribution in [2.45, 2.75) is 59.5 Å². The summed E-state index contributed by atoms with van der Waals surface area (Å²) in [6.45, 7) is 12.7. The Labute approximate surface area is 81.6 Å². The summed E-state index contributed by atoms with van der Waals surface area (Å²) in [4.78, 5) is 0. The second kappa shape index (κ2) is 3.58. The number of rotatable bonds is 2. The Hall–Kier alpha value is -0.0800. The normalized spacial score (nSPS) is 33.2. The topological polar surface area (TPSA) is 18.5 Å². The van der Waals surface area contributed by atoms with Crippen LogP contribution in [0.15, 0.2) is 0 Å². The van der Waals surface area contributed by atoms with Crippen LogP contribution in [-0.4, -0.2) is 18.0 Å². The van der Waals surface area contributed by atoms with Crippen LogP contribution in [0.4, 0.5) is 0 Å². The maximum atomic E-state index is 5.86. The van der Waals surface area contributed by atoms with Crippen molar-refractivity contribution in [2.75, 3.05) is 0 Å². The molecule has 1 aliphatic rings.